The summed E-state index contributed by atoms with van der Waals surface area (Å²) in [5, 5.41) is 0. The zero-order valence-corrected chi connectivity index (χ0v) is 16.4. The first-order valence-electron chi connectivity index (χ1n) is 10.7. The van der Waals surface area contributed by atoms with Crippen LogP contribution in [0.4, 0.5) is 0 Å². The van der Waals surface area contributed by atoms with Gasteiger partial charge >= 0.3 is 11.9 Å². The quantitative estimate of drug-likeness (QED) is 0.415. The van der Waals surface area contributed by atoms with Crippen molar-refractivity contribution in [1.29, 1.82) is 0 Å². The topological polar surface area (TPSA) is 65.1 Å². The number of rotatable bonds is 5. The van der Waals surface area contributed by atoms with Crippen LogP contribution in [-0.4, -0.2) is 36.9 Å². The average Bonchev–Trinajstić information content (AvgIpc) is 3.45. The van der Waals surface area contributed by atoms with Gasteiger partial charge in [0.25, 0.3) is 0 Å². The molecule has 7 unspecified atom stereocenters. The van der Waals surface area contributed by atoms with E-state index >= 15 is 0 Å². The molecular formula is C22H32O5. The first-order valence-corrected chi connectivity index (χ1v) is 10.7. The van der Waals surface area contributed by atoms with E-state index in [0.29, 0.717) is 42.1 Å². The second-order valence-corrected chi connectivity index (χ2v) is 9.03. The van der Waals surface area contributed by atoms with Gasteiger partial charge in [-0.3, -0.25) is 4.79 Å². The fourth-order valence-electron chi connectivity index (χ4n) is 5.59. The highest BCUT2D eigenvalue weighted by atomic mass is 16.6. The van der Waals surface area contributed by atoms with Crippen molar-refractivity contribution in [2.75, 3.05) is 6.61 Å². The van der Waals surface area contributed by atoms with Gasteiger partial charge in [0.15, 0.2) is 0 Å². The van der Waals surface area contributed by atoms with Crippen molar-refractivity contribution in [1.82, 2.24) is 0 Å². The van der Waals surface area contributed by atoms with Crippen molar-refractivity contribution < 1.29 is 23.8 Å². The fraction of sp³-hybridized carbons (Fsp3) is 0.818. The highest BCUT2D eigenvalue weighted by Gasteiger charge is 2.47. The van der Waals surface area contributed by atoms with Crippen LogP contribution in [-0.2, 0) is 23.8 Å². The molecule has 4 fully saturated rings. The second kappa shape index (κ2) is 7.94. The van der Waals surface area contributed by atoms with E-state index in [9.17, 15) is 9.59 Å². The Kier molecular flexibility index (Phi) is 5.58. The predicted molar refractivity (Wildman–Crippen MR) is 99.8 cm³/mol. The Morgan fingerprint density at radius 3 is 2.56 bits per heavy atom. The van der Waals surface area contributed by atoms with Crippen LogP contribution in [0.15, 0.2) is 12.2 Å². The number of carbonyl (C=O) groups is 2. The van der Waals surface area contributed by atoms with Crippen LogP contribution in [0, 0.1) is 23.7 Å². The standard InChI is InChI=1S/C22H32O5/c1-13(2)21(23)27-18-8-4-6-16-15(5-3-7-17(16)18)12-25-22(24)14-9-10-19-20(11-14)26-19/h14-20H,1,3-12H2,2H3. The van der Waals surface area contributed by atoms with Gasteiger partial charge in [-0.2, -0.15) is 0 Å². The van der Waals surface area contributed by atoms with Crippen LogP contribution in [0.2, 0.25) is 0 Å². The van der Waals surface area contributed by atoms with Gasteiger partial charge in [-0.05, 0) is 76.0 Å². The molecule has 1 saturated heterocycles. The summed E-state index contributed by atoms with van der Waals surface area (Å²) in [5.74, 6) is 0.996. The van der Waals surface area contributed by atoms with E-state index in [1.165, 1.54) is 0 Å². The number of hydrogen-bond acceptors (Lipinski definition) is 5. The van der Waals surface area contributed by atoms with Gasteiger partial charge < -0.3 is 14.2 Å². The molecule has 0 radical (unpaired) electrons. The van der Waals surface area contributed by atoms with E-state index in [1.807, 2.05) is 0 Å². The van der Waals surface area contributed by atoms with Crippen LogP contribution < -0.4 is 0 Å². The number of carbonyl (C=O) groups excluding carboxylic acids is 2. The van der Waals surface area contributed by atoms with E-state index in [-0.39, 0.29) is 24.0 Å². The van der Waals surface area contributed by atoms with Crippen molar-refractivity contribution in [3.05, 3.63) is 12.2 Å². The Hall–Kier alpha value is -1.36. The summed E-state index contributed by atoms with van der Waals surface area (Å²) in [6.07, 6.45) is 9.92. The maximum absolute atomic E-state index is 12.5. The molecule has 1 aliphatic heterocycles. The second-order valence-electron chi connectivity index (χ2n) is 9.03. The lowest BCUT2D eigenvalue weighted by atomic mass is 9.64. The van der Waals surface area contributed by atoms with Crippen molar-refractivity contribution in [2.24, 2.45) is 23.7 Å². The minimum absolute atomic E-state index is 0.00579. The van der Waals surface area contributed by atoms with Crippen LogP contribution in [0.1, 0.15) is 64.7 Å². The van der Waals surface area contributed by atoms with E-state index < -0.39 is 0 Å². The predicted octanol–water partition coefficient (Wildman–Crippen LogP) is 3.80. The molecule has 27 heavy (non-hydrogen) atoms. The zero-order valence-electron chi connectivity index (χ0n) is 16.4. The van der Waals surface area contributed by atoms with Crippen LogP contribution in [0.3, 0.4) is 0 Å². The largest absolute Gasteiger partial charge is 0.465 e. The lowest BCUT2D eigenvalue weighted by Gasteiger charge is -2.44. The monoisotopic (exact) mass is 376 g/mol. The third-order valence-electron chi connectivity index (χ3n) is 7.16. The summed E-state index contributed by atoms with van der Waals surface area (Å²) in [7, 11) is 0. The van der Waals surface area contributed by atoms with Gasteiger partial charge in [0.2, 0.25) is 0 Å². The van der Waals surface area contributed by atoms with E-state index in [4.69, 9.17) is 14.2 Å². The van der Waals surface area contributed by atoms with Gasteiger partial charge in [-0.1, -0.05) is 13.0 Å². The number of epoxide rings is 1. The maximum atomic E-state index is 12.5. The highest BCUT2D eigenvalue weighted by Crippen LogP contribution is 2.45. The van der Waals surface area contributed by atoms with Crippen LogP contribution >= 0.6 is 0 Å². The molecule has 0 spiro atoms. The highest BCUT2D eigenvalue weighted by molar-refractivity contribution is 5.87. The Labute approximate surface area is 161 Å². The molecule has 1 heterocycles. The molecule has 4 rings (SSSR count). The normalized spacial score (nSPS) is 40.3. The molecule has 0 bridgehead atoms. The van der Waals surface area contributed by atoms with E-state index in [0.717, 1.165) is 57.8 Å². The molecule has 0 amide bonds. The molecular weight excluding hydrogens is 344 g/mol. The first kappa shape index (κ1) is 19.0. The van der Waals surface area contributed by atoms with Crippen molar-refractivity contribution in [3.63, 3.8) is 0 Å². The lowest BCUT2D eigenvalue weighted by Crippen LogP contribution is -2.43. The van der Waals surface area contributed by atoms with Crippen molar-refractivity contribution in [2.45, 2.75) is 83.0 Å². The molecule has 0 aromatic rings. The van der Waals surface area contributed by atoms with Crippen molar-refractivity contribution in [3.8, 4) is 0 Å². The number of esters is 2. The smallest absolute Gasteiger partial charge is 0.333 e. The zero-order chi connectivity index (χ0) is 19.0. The molecule has 0 N–H and O–H groups in total. The Morgan fingerprint density at radius 2 is 1.78 bits per heavy atom. The van der Waals surface area contributed by atoms with Gasteiger partial charge in [0.1, 0.15) is 6.10 Å². The Bertz CT molecular complexity index is 600. The SMILES string of the molecule is C=C(C)C(=O)OC1CCCC2C(COC(=O)C3CCC4OC4C3)CCCC12. The third-order valence-corrected chi connectivity index (χ3v) is 7.16. The molecule has 7 atom stereocenters. The molecule has 150 valence electrons. The maximum Gasteiger partial charge on any atom is 0.333 e. The molecule has 3 saturated carbocycles. The summed E-state index contributed by atoms with van der Waals surface area (Å²) in [6.45, 7) is 5.92. The molecule has 0 aromatic heterocycles. The Balaban J connectivity index is 1.31. The van der Waals surface area contributed by atoms with Gasteiger partial charge in [-0.15, -0.1) is 0 Å². The minimum Gasteiger partial charge on any atom is -0.465 e. The van der Waals surface area contributed by atoms with Crippen molar-refractivity contribution >= 4 is 11.9 Å². The van der Waals surface area contributed by atoms with Gasteiger partial charge in [0, 0.05) is 5.57 Å². The van der Waals surface area contributed by atoms with E-state index in [1.54, 1.807) is 6.92 Å². The molecule has 5 nitrogen and oxygen atoms in total. The number of fused-ring (bicyclic) bond motifs is 2. The summed E-state index contributed by atoms with van der Waals surface area (Å²) >= 11 is 0. The average molecular weight is 376 g/mol. The minimum atomic E-state index is -0.271. The van der Waals surface area contributed by atoms with Crippen LogP contribution in [0.25, 0.3) is 0 Å². The van der Waals surface area contributed by atoms with E-state index in [2.05, 4.69) is 6.58 Å². The molecule has 3 aliphatic carbocycles. The molecule has 4 aliphatic rings. The summed E-state index contributed by atoms with van der Waals surface area (Å²) < 4.78 is 17.1. The molecule has 0 aromatic carbocycles. The summed E-state index contributed by atoms with van der Waals surface area (Å²) in [5.41, 5.74) is 0.466. The lowest BCUT2D eigenvalue weighted by molar-refractivity contribution is -0.157. The molecule has 5 heteroatoms. The third kappa shape index (κ3) is 4.23. The summed E-state index contributed by atoms with van der Waals surface area (Å²) in [4.78, 5) is 24.5. The number of ether oxygens (including phenoxy) is 3. The Morgan fingerprint density at radius 1 is 1.00 bits per heavy atom. The summed E-state index contributed by atoms with van der Waals surface area (Å²) in [6, 6.07) is 0. The fourth-order valence-corrected chi connectivity index (χ4v) is 5.59. The number of hydrogen-bond donors (Lipinski definition) is 0. The van der Waals surface area contributed by atoms with Crippen LogP contribution in [0.5, 0.6) is 0 Å². The van der Waals surface area contributed by atoms with Gasteiger partial charge in [0.05, 0.1) is 24.7 Å². The van der Waals surface area contributed by atoms with Gasteiger partial charge in [-0.25, -0.2) is 4.79 Å². The first-order chi connectivity index (χ1) is 13.0.